The lowest BCUT2D eigenvalue weighted by atomic mass is 10.1. The molecule has 0 saturated carbocycles. The topological polar surface area (TPSA) is 37.8 Å². The van der Waals surface area contributed by atoms with E-state index in [1.807, 2.05) is 37.4 Å². The molecule has 1 heterocycles. The average Bonchev–Trinajstić information content (AvgIpc) is 2.47. The highest BCUT2D eigenvalue weighted by molar-refractivity contribution is 6.30. The highest BCUT2D eigenvalue weighted by Gasteiger charge is 2.08. The Morgan fingerprint density at radius 1 is 1.00 bits per heavy atom. The number of nitrogens with zero attached hydrogens (tertiary/aromatic N) is 2. The van der Waals surface area contributed by atoms with Crippen LogP contribution >= 0.6 is 11.6 Å². The van der Waals surface area contributed by atoms with E-state index in [1.54, 1.807) is 0 Å². The first kappa shape index (κ1) is 12.9. The molecule has 0 aliphatic carbocycles. The average molecular weight is 284 g/mol. The second-order valence-electron chi connectivity index (χ2n) is 4.67. The molecule has 1 aromatic heterocycles. The minimum Gasteiger partial charge on any atom is -0.373 e. The van der Waals surface area contributed by atoms with Crippen molar-refractivity contribution in [3.63, 3.8) is 0 Å². The van der Waals surface area contributed by atoms with Gasteiger partial charge < -0.3 is 5.32 Å². The predicted molar refractivity (Wildman–Crippen MR) is 84.3 cm³/mol. The van der Waals surface area contributed by atoms with Gasteiger partial charge in [-0.25, -0.2) is 9.97 Å². The van der Waals surface area contributed by atoms with Crippen LogP contribution in [0.1, 0.15) is 5.56 Å². The van der Waals surface area contributed by atoms with Crippen LogP contribution in [-0.4, -0.2) is 17.0 Å². The van der Waals surface area contributed by atoms with E-state index < -0.39 is 0 Å². The summed E-state index contributed by atoms with van der Waals surface area (Å²) in [6.45, 7) is 2.06. The molecule has 3 aromatic rings. The molecule has 0 aliphatic heterocycles. The minimum atomic E-state index is 0.697. The number of aromatic nitrogens is 2. The van der Waals surface area contributed by atoms with E-state index in [4.69, 9.17) is 11.6 Å². The number of halogens is 1. The molecule has 4 heteroatoms. The third kappa shape index (κ3) is 2.32. The molecule has 3 nitrogen and oxygen atoms in total. The molecule has 0 aliphatic rings. The Kier molecular flexibility index (Phi) is 3.28. The van der Waals surface area contributed by atoms with Gasteiger partial charge in [-0.3, -0.25) is 0 Å². The molecule has 2 aromatic carbocycles. The van der Waals surface area contributed by atoms with Crippen LogP contribution in [0.4, 0.5) is 5.82 Å². The summed E-state index contributed by atoms with van der Waals surface area (Å²) in [7, 11) is 1.87. The molecule has 100 valence electrons. The number of aryl methyl sites for hydroxylation is 1. The van der Waals surface area contributed by atoms with Gasteiger partial charge >= 0.3 is 0 Å². The molecule has 0 radical (unpaired) electrons. The molecule has 0 saturated heterocycles. The summed E-state index contributed by atoms with van der Waals surface area (Å²) in [5.74, 6) is 1.53. The van der Waals surface area contributed by atoms with E-state index in [2.05, 4.69) is 34.3 Å². The summed E-state index contributed by atoms with van der Waals surface area (Å²) in [5, 5.41) is 4.88. The zero-order valence-corrected chi connectivity index (χ0v) is 12.1. The Labute approximate surface area is 122 Å². The Balaban J connectivity index is 2.22. The van der Waals surface area contributed by atoms with Crippen molar-refractivity contribution in [2.75, 3.05) is 12.4 Å². The van der Waals surface area contributed by atoms with Crippen molar-refractivity contribution in [2.24, 2.45) is 0 Å². The van der Waals surface area contributed by atoms with E-state index in [-0.39, 0.29) is 0 Å². The molecule has 0 bridgehead atoms. The standard InChI is InChI=1S/C16H14ClN3/c1-10-3-8-14-13(9-10)16(18-2)20-15(19-14)11-4-6-12(17)7-5-11/h3-9H,1-2H3,(H,18,19,20). The normalized spacial score (nSPS) is 10.8. The fourth-order valence-corrected chi connectivity index (χ4v) is 2.29. The first-order valence-electron chi connectivity index (χ1n) is 6.39. The zero-order valence-electron chi connectivity index (χ0n) is 11.3. The second kappa shape index (κ2) is 5.10. The monoisotopic (exact) mass is 283 g/mol. The van der Waals surface area contributed by atoms with Crippen molar-refractivity contribution in [3.05, 3.63) is 53.1 Å². The quantitative estimate of drug-likeness (QED) is 0.762. The van der Waals surface area contributed by atoms with Crippen LogP contribution in [0.5, 0.6) is 0 Å². The molecule has 0 amide bonds. The maximum atomic E-state index is 5.92. The molecular formula is C16H14ClN3. The van der Waals surface area contributed by atoms with Crippen molar-refractivity contribution < 1.29 is 0 Å². The fraction of sp³-hybridized carbons (Fsp3) is 0.125. The summed E-state index contributed by atoms with van der Waals surface area (Å²) < 4.78 is 0. The maximum Gasteiger partial charge on any atom is 0.162 e. The first-order chi connectivity index (χ1) is 9.67. The summed E-state index contributed by atoms with van der Waals surface area (Å²) in [5.41, 5.74) is 3.07. The van der Waals surface area contributed by atoms with Crippen LogP contribution in [0.25, 0.3) is 22.3 Å². The van der Waals surface area contributed by atoms with Crippen LogP contribution in [0.15, 0.2) is 42.5 Å². The minimum absolute atomic E-state index is 0.697. The number of benzene rings is 2. The van der Waals surface area contributed by atoms with Gasteiger partial charge in [0.15, 0.2) is 5.82 Å². The van der Waals surface area contributed by atoms with E-state index >= 15 is 0 Å². The smallest absolute Gasteiger partial charge is 0.162 e. The molecule has 0 fully saturated rings. The molecule has 20 heavy (non-hydrogen) atoms. The Hall–Kier alpha value is -2.13. The van der Waals surface area contributed by atoms with E-state index in [9.17, 15) is 0 Å². The van der Waals surface area contributed by atoms with Crippen molar-refractivity contribution >= 4 is 28.3 Å². The fourth-order valence-electron chi connectivity index (χ4n) is 2.16. The Morgan fingerprint density at radius 3 is 2.45 bits per heavy atom. The second-order valence-corrected chi connectivity index (χ2v) is 5.11. The SMILES string of the molecule is CNc1nc(-c2ccc(Cl)cc2)nc2ccc(C)cc12. The van der Waals surface area contributed by atoms with Crippen LogP contribution in [0.3, 0.4) is 0 Å². The van der Waals surface area contributed by atoms with Gasteiger partial charge in [0.25, 0.3) is 0 Å². The lowest BCUT2D eigenvalue weighted by Gasteiger charge is -2.09. The maximum absolute atomic E-state index is 5.92. The largest absolute Gasteiger partial charge is 0.373 e. The highest BCUT2D eigenvalue weighted by atomic mass is 35.5. The lowest BCUT2D eigenvalue weighted by Crippen LogP contribution is -1.99. The number of hydrogen-bond acceptors (Lipinski definition) is 3. The van der Waals surface area contributed by atoms with Crippen LogP contribution in [0.2, 0.25) is 5.02 Å². The van der Waals surface area contributed by atoms with Crippen molar-refractivity contribution in [1.82, 2.24) is 9.97 Å². The van der Waals surface area contributed by atoms with E-state index in [0.717, 1.165) is 22.3 Å². The number of nitrogens with one attached hydrogen (secondary N) is 1. The highest BCUT2D eigenvalue weighted by Crippen LogP contribution is 2.26. The van der Waals surface area contributed by atoms with Gasteiger partial charge in [0.2, 0.25) is 0 Å². The predicted octanol–water partition coefficient (Wildman–Crippen LogP) is 4.30. The third-order valence-electron chi connectivity index (χ3n) is 3.19. The summed E-state index contributed by atoms with van der Waals surface area (Å²) in [6.07, 6.45) is 0. The number of hydrogen-bond donors (Lipinski definition) is 1. The van der Waals surface area contributed by atoms with Gasteiger partial charge in [-0.2, -0.15) is 0 Å². The summed E-state index contributed by atoms with van der Waals surface area (Å²) in [4.78, 5) is 9.23. The third-order valence-corrected chi connectivity index (χ3v) is 3.44. The van der Waals surface area contributed by atoms with Gasteiger partial charge in [0.05, 0.1) is 5.52 Å². The van der Waals surface area contributed by atoms with Gasteiger partial charge in [-0.05, 0) is 43.3 Å². The van der Waals surface area contributed by atoms with Gasteiger partial charge in [0, 0.05) is 23.0 Å². The molecule has 1 N–H and O–H groups in total. The summed E-state index contributed by atoms with van der Waals surface area (Å²) in [6, 6.07) is 13.7. The molecule has 0 unspecified atom stereocenters. The first-order valence-corrected chi connectivity index (χ1v) is 6.77. The van der Waals surface area contributed by atoms with Crippen molar-refractivity contribution in [1.29, 1.82) is 0 Å². The lowest BCUT2D eigenvalue weighted by molar-refractivity contribution is 1.21. The van der Waals surface area contributed by atoms with Crippen LogP contribution in [0, 0.1) is 6.92 Å². The Bertz CT molecular complexity index is 767. The zero-order chi connectivity index (χ0) is 14.1. The molecule has 0 atom stereocenters. The van der Waals surface area contributed by atoms with Crippen LogP contribution < -0.4 is 5.32 Å². The number of fused-ring (bicyclic) bond motifs is 1. The molecule has 3 rings (SSSR count). The van der Waals surface area contributed by atoms with Crippen LogP contribution in [-0.2, 0) is 0 Å². The molecular weight excluding hydrogens is 270 g/mol. The van der Waals surface area contributed by atoms with Gasteiger partial charge in [-0.15, -0.1) is 0 Å². The number of anilines is 1. The van der Waals surface area contributed by atoms with Gasteiger partial charge in [0.1, 0.15) is 5.82 Å². The van der Waals surface area contributed by atoms with E-state index in [1.165, 1.54) is 5.56 Å². The van der Waals surface area contributed by atoms with Gasteiger partial charge in [-0.1, -0.05) is 23.2 Å². The number of rotatable bonds is 2. The van der Waals surface area contributed by atoms with E-state index in [0.29, 0.717) is 10.8 Å². The van der Waals surface area contributed by atoms with Crippen molar-refractivity contribution in [2.45, 2.75) is 6.92 Å². The summed E-state index contributed by atoms with van der Waals surface area (Å²) >= 11 is 5.92. The molecule has 0 spiro atoms. The Morgan fingerprint density at radius 2 is 1.75 bits per heavy atom. The van der Waals surface area contributed by atoms with Crippen molar-refractivity contribution in [3.8, 4) is 11.4 Å².